The minimum Gasteiger partial charge on any atom is -0.496 e. The first-order chi connectivity index (χ1) is 14.4. The fourth-order valence-corrected chi connectivity index (χ4v) is 2.78. The molecular weight excluding hydrogens is 431 g/mol. The van der Waals surface area contributed by atoms with E-state index < -0.39 is 23.5 Å². The van der Waals surface area contributed by atoms with E-state index in [4.69, 9.17) is 25.8 Å². The highest BCUT2D eigenvalue weighted by Gasteiger charge is 2.36. The minimum atomic E-state index is -1.10. The van der Waals surface area contributed by atoms with Crippen LogP contribution in [0.5, 0.6) is 11.5 Å². The Labute approximate surface area is 184 Å². The van der Waals surface area contributed by atoms with Crippen molar-refractivity contribution >= 4 is 35.2 Å². The van der Waals surface area contributed by atoms with Crippen molar-refractivity contribution in [3.8, 4) is 11.5 Å². The molecule has 0 fully saturated rings. The standard InChI is InChI=1S/C20H24ClFN4O5/c1-11-12(29-6)8-13(30-7)16(22)17(11)26(19(28)31-20(2,3)4)18(27)25(5)15-9-14(21)23-10-24-15/h8-10H,1-7H3. The molecule has 2 aromatic rings. The second-order valence-corrected chi connectivity index (χ2v) is 7.81. The van der Waals surface area contributed by atoms with Crippen molar-refractivity contribution in [3.05, 3.63) is 35.0 Å². The van der Waals surface area contributed by atoms with E-state index in [0.717, 1.165) is 11.2 Å². The zero-order valence-electron chi connectivity index (χ0n) is 18.3. The predicted molar refractivity (Wildman–Crippen MR) is 114 cm³/mol. The Balaban J connectivity index is 2.70. The highest BCUT2D eigenvalue weighted by Crippen LogP contribution is 2.39. The molecule has 31 heavy (non-hydrogen) atoms. The van der Waals surface area contributed by atoms with Gasteiger partial charge in [-0.2, -0.15) is 4.90 Å². The molecule has 3 amide bonds. The van der Waals surface area contributed by atoms with Gasteiger partial charge in [-0.3, -0.25) is 4.90 Å². The Bertz CT molecular complexity index is 968. The van der Waals surface area contributed by atoms with Crippen LogP contribution in [-0.2, 0) is 4.74 Å². The van der Waals surface area contributed by atoms with E-state index in [2.05, 4.69) is 9.97 Å². The third-order valence-electron chi connectivity index (χ3n) is 4.09. The first-order valence-electron chi connectivity index (χ1n) is 9.10. The summed E-state index contributed by atoms with van der Waals surface area (Å²) in [7, 11) is 3.98. The first kappa shape index (κ1) is 24.1. The number of ether oxygens (including phenoxy) is 3. The highest BCUT2D eigenvalue weighted by molar-refractivity contribution is 6.29. The van der Waals surface area contributed by atoms with Crippen molar-refractivity contribution in [1.82, 2.24) is 9.97 Å². The van der Waals surface area contributed by atoms with Gasteiger partial charge >= 0.3 is 12.1 Å². The summed E-state index contributed by atoms with van der Waals surface area (Å²) in [6.07, 6.45) is 0.0569. The molecule has 11 heteroatoms. The van der Waals surface area contributed by atoms with Crippen molar-refractivity contribution in [2.45, 2.75) is 33.3 Å². The van der Waals surface area contributed by atoms with Crippen LogP contribution < -0.4 is 19.3 Å². The SMILES string of the molecule is COc1cc(OC)c(F)c(N(C(=O)OC(C)(C)C)C(=O)N(C)c2cc(Cl)ncn2)c1C. The molecule has 0 unspecified atom stereocenters. The molecule has 2 rings (SSSR count). The lowest BCUT2D eigenvalue weighted by molar-refractivity contribution is 0.0593. The van der Waals surface area contributed by atoms with E-state index in [0.29, 0.717) is 4.90 Å². The number of urea groups is 1. The van der Waals surface area contributed by atoms with Crippen LogP contribution in [0.25, 0.3) is 0 Å². The van der Waals surface area contributed by atoms with Gasteiger partial charge in [0.15, 0.2) is 11.6 Å². The maximum absolute atomic E-state index is 15.3. The lowest BCUT2D eigenvalue weighted by Crippen LogP contribution is -2.48. The van der Waals surface area contributed by atoms with E-state index in [9.17, 15) is 9.59 Å². The third kappa shape index (κ3) is 5.32. The molecule has 0 atom stereocenters. The maximum Gasteiger partial charge on any atom is 0.423 e. The van der Waals surface area contributed by atoms with Gasteiger partial charge < -0.3 is 14.2 Å². The number of imide groups is 1. The topological polar surface area (TPSA) is 94.1 Å². The molecule has 1 aromatic carbocycles. The molecule has 168 valence electrons. The van der Waals surface area contributed by atoms with Crippen LogP contribution in [-0.4, -0.2) is 49.0 Å². The summed E-state index contributed by atoms with van der Waals surface area (Å²) in [5.74, 6) is -0.852. The molecule has 0 saturated carbocycles. The van der Waals surface area contributed by atoms with Crippen LogP contribution in [0.1, 0.15) is 26.3 Å². The van der Waals surface area contributed by atoms with Crippen LogP contribution in [0.4, 0.5) is 25.5 Å². The van der Waals surface area contributed by atoms with Gasteiger partial charge in [0.25, 0.3) is 0 Å². The number of hydrogen-bond acceptors (Lipinski definition) is 7. The van der Waals surface area contributed by atoms with Gasteiger partial charge in [0.05, 0.1) is 14.2 Å². The number of rotatable bonds is 4. The van der Waals surface area contributed by atoms with Gasteiger partial charge in [0.2, 0.25) is 0 Å². The molecular formula is C20H24ClFN4O5. The molecule has 0 saturated heterocycles. The van der Waals surface area contributed by atoms with Crippen LogP contribution in [0.3, 0.4) is 0 Å². The average molecular weight is 455 g/mol. The molecule has 1 heterocycles. The summed E-state index contributed by atoms with van der Waals surface area (Å²) in [5.41, 5.74) is -1.14. The van der Waals surface area contributed by atoms with E-state index in [1.165, 1.54) is 40.3 Å². The van der Waals surface area contributed by atoms with Crippen molar-refractivity contribution in [1.29, 1.82) is 0 Å². The fraction of sp³-hybridized carbons (Fsp3) is 0.400. The molecule has 0 aliphatic carbocycles. The first-order valence-corrected chi connectivity index (χ1v) is 9.48. The number of aromatic nitrogens is 2. The zero-order chi connectivity index (χ0) is 23.5. The van der Waals surface area contributed by atoms with Crippen LogP contribution in [0, 0.1) is 12.7 Å². The van der Waals surface area contributed by atoms with E-state index in [-0.39, 0.29) is 33.7 Å². The molecule has 0 N–H and O–H groups in total. The number of amides is 3. The van der Waals surface area contributed by atoms with Crippen LogP contribution in [0.2, 0.25) is 5.15 Å². The highest BCUT2D eigenvalue weighted by atomic mass is 35.5. The predicted octanol–water partition coefficient (Wildman–Crippen LogP) is 4.59. The number of halogens is 2. The van der Waals surface area contributed by atoms with Gasteiger partial charge in [0, 0.05) is 24.7 Å². The lowest BCUT2D eigenvalue weighted by Gasteiger charge is -2.30. The van der Waals surface area contributed by atoms with Crippen LogP contribution >= 0.6 is 11.6 Å². The zero-order valence-corrected chi connectivity index (χ0v) is 19.1. The quantitative estimate of drug-likeness (QED) is 0.623. The van der Waals surface area contributed by atoms with Crippen molar-refractivity contribution < 1.29 is 28.2 Å². The van der Waals surface area contributed by atoms with Crippen LogP contribution in [0.15, 0.2) is 18.5 Å². The smallest absolute Gasteiger partial charge is 0.423 e. The van der Waals surface area contributed by atoms with E-state index >= 15 is 4.39 Å². The molecule has 0 aliphatic rings. The Kier molecular flexibility index (Phi) is 7.27. The number of carbonyl (C=O) groups is 2. The summed E-state index contributed by atoms with van der Waals surface area (Å²) in [6.45, 7) is 6.37. The Hall–Kier alpha value is -3.14. The number of carbonyl (C=O) groups excluding carboxylic acids is 2. The molecule has 9 nitrogen and oxygen atoms in total. The number of benzene rings is 1. The number of methoxy groups -OCH3 is 2. The Morgan fingerprint density at radius 3 is 2.23 bits per heavy atom. The molecule has 1 aromatic heterocycles. The number of anilines is 2. The van der Waals surface area contributed by atoms with Gasteiger partial charge in [0.1, 0.15) is 34.3 Å². The molecule has 0 radical (unpaired) electrons. The van der Waals surface area contributed by atoms with Gasteiger partial charge in [-0.25, -0.2) is 23.9 Å². The van der Waals surface area contributed by atoms with E-state index in [1.807, 2.05) is 0 Å². The summed E-state index contributed by atoms with van der Waals surface area (Å²) < 4.78 is 31.0. The van der Waals surface area contributed by atoms with Crippen molar-refractivity contribution in [3.63, 3.8) is 0 Å². The van der Waals surface area contributed by atoms with E-state index in [1.54, 1.807) is 20.8 Å². The maximum atomic E-state index is 15.3. The summed E-state index contributed by atoms with van der Waals surface area (Å²) in [5, 5.41) is 0.0823. The third-order valence-corrected chi connectivity index (χ3v) is 4.30. The monoisotopic (exact) mass is 454 g/mol. The molecule has 0 spiro atoms. The Morgan fingerprint density at radius 2 is 1.71 bits per heavy atom. The molecule has 0 bridgehead atoms. The lowest BCUT2D eigenvalue weighted by atomic mass is 10.1. The fourth-order valence-electron chi connectivity index (χ4n) is 2.64. The normalized spacial score (nSPS) is 11.0. The summed E-state index contributed by atoms with van der Waals surface area (Å²) >= 11 is 5.88. The Morgan fingerprint density at radius 1 is 1.10 bits per heavy atom. The second-order valence-electron chi connectivity index (χ2n) is 7.42. The second kappa shape index (κ2) is 9.34. The van der Waals surface area contributed by atoms with Gasteiger partial charge in [-0.15, -0.1) is 0 Å². The molecule has 0 aliphatic heterocycles. The number of hydrogen-bond donors (Lipinski definition) is 0. The van der Waals surface area contributed by atoms with Gasteiger partial charge in [-0.1, -0.05) is 11.6 Å². The van der Waals surface area contributed by atoms with Gasteiger partial charge in [-0.05, 0) is 27.7 Å². The van der Waals surface area contributed by atoms with Crippen molar-refractivity contribution in [2.75, 3.05) is 31.1 Å². The summed E-state index contributed by atoms with van der Waals surface area (Å²) in [6, 6.07) is 1.70. The minimum absolute atomic E-state index is 0.0823. The summed E-state index contributed by atoms with van der Waals surface area (Å²) in [4.78, 5) is 35.8. The number of nitrogens with zero attached hydrogens (tertiary/aromatic N) is 4. The largest absolute Gasteiger partial charge is 0.496 e. The average Bonchev–Trinajstić information content (AvgIpc) is 2.68. The van der Waals surface area contributed by atoms with Crippen molar-refractivity contribution in [2.24, 2.45) is 0 Å².